The lowest BCUT2D eigenvalue weighted by Gasteiger charge is -2.20. The molecule has 0 radical (unpaired) electrons. The Hall–Kier alpha value is -1.08. The number of allylic oxidation sites excluding steroid dienone is 3. The average Bonchev–Trinajstić information content (AvgIpc) is 2.37. The first-order valence-electron chi connectivity index (χ1n) is 7.45. The van der Waals surface area contributed by atoms with E-state index in [1.807, 2.05) is 0 Å². The SMILES string of the molecule is CCCC/C=C(/C/C=C/c1ccccc1)[Si](C)(C)C. The van der Waals surface area contributed by atoms with Crippen LogP contribution < -0.4 is 0 Å². The number of rotatable bonds is 7. The van der Waals surface area contributed by atoms with Crippen molar-refractivity contribution in [3.63, 3.8) is 0 Å². The van der Waals surface area contributed by atoms with E-state index in [4.69, 9.17) is 0 Å². The predicted octanol–water partition coefficient (Wildman–Crippen LogP) is 6.08. The second-order valence-corrected chi connectivity index (χ2v) is 11.3. The standard InChI is InChI=1S/C18H28Si/c1-5-6-8-15-18(19(2,3)4)16-11-14-17-12-9-7-10-13-17/h7,9-15H,5-6,8,16H2,1-4H3/b14-11+,18-15-. The molecule has 0 amide bonds. The lowest BCUT2D eigenvalue weighted by Crippen LogP contribution is -2.23. The van der Waals surface area contributed by atoms with Gasteiger partial charge in [0.2, 0.25) is 0 Å². The third-order valence-corrected chi connectivity index (χ3v) is 5.69. The predicted molar refractivity (Wildman–Crippen MR) is 91.0 cm³/mol. The minimum Gasteiger partial charge on any atom is -0.0889 e. The molecule has 0 spiro atoms. The van der Waals surface area contributed by atoms with Crippen LogP contribution in [0.15, 0.2) is 47.7 Å². The van der Waals surface area contributed by atoms with Crippen LogP contribution in [0.2, 0.25) is 19.6 Å². The van der Waals surface area contributed by atoms with Gasteiger partial charge in [-0.25, -0.2) is 0 Å². The van der Waals surface area contributed by atoms with Gasteiger partial charge in [-0.3, -0.25) is 0 Å². The van der Waals surface area contributed by atoms with Gasteiger partial charge in [-0.15, -0.1) is 0 Å². The van der Waals surface area contributed by atoms with Crippen LogP contribution in [0.3, 0.4) is 0 Å². The third kappa shape index (κ3) is 6.58. The molecule has 0 saturated carbocycles. The zero-order valence-corrected chi connectivity index (χ0v) is 13.9. The summed E-state index contributed by atoms with van der Waals surface area (Å²) < 4.78 is 0. The van der Waals surface area contributed by atoms with Gasteiger partial charge in [-0.05, 0) is 18.4 Å². The third-order valence-electron chi connectivity index (χ3n) is 3.36. The van der Waals surface area contributed by atoms with Gasteiger partial charge in [0, 0.05) is 0 Å². The number of hydrogen-bond acceptors (Lipinski definition) is 0. The molecule has 0 aromatic heterocycles. The highest BCUT2D eigenvalue weighted by Gasteiger charge is 2.17. The smallest absolute Gasteiger partial charge is 0.0724 e. The molecule has 0 saturated heterocycles. The molecule has 0 heterocycles. The Morgan fingerprint density at radius 2 is 1.79 bits per heavy atom. The van der Waals surface area contributed by atoms with Crippen LogP contribution in [0.1, 0.15) is 38.2 Å². The maximum Gasteiger partial charge on any atom is 0.0724 e. The Kier molecular flexibility index (Phi) is 6.86. The first-order chi connectivity index (χ1) is 9.04. The maximum absolute atomic E-state index is 2.51. The zero-order valence-electron chi connectivity index (χ0n) is 12.9. The van der Waals surface area contributed by atoms with Crippen molar-refractivity contribution in [2.75, 3.05) is 0 Å². The van der Waals surface area contributed by atoms with Gasteiger partial charge in [0.25, 0.3) is 0 Å². The van der Waals surface area contributed by atoms with Crippen LogP contribution >= 0.6 is 0 Å². The van der Waals surface area contributed by atoms with Gasteiger partial charge in [0.1, 0.15) is 0 Å². The summed E-state index contributed by atoms with van der Waals surface area (Å²) in [5.41, 5.74) is 1.30. The van der Waals surface area contributed by atoms with Gasteiger partial charge in [-0.1, -0.05) is 93.2 Å². The molecule has 0 aliphatic carbocycles. The molecule has 0 atom stereocenters. The van der Waals surface area contributed by atoms with E-state index in [1.54, 1.807) is 5.20 Å². The fourth-order valence-electron chi connectivity index (χ4n) is 2.06. The van der Waals surface area contributed by atoms with Crippen molar-refractivity contribution in [1.82, 2.24) is 0 Å². The second kappa shape index (κ2) is 8.16. The molecule has 0 unspecified atom stereocenters. The first kappa shape index (κ1) is 16.0. The maximum atomic E-state index is 2.51. The highest BCUT2D eigenvalue weighted by Crippen LogP contribution is 2.20. The van der Waals surface area contributed by atoms with Crippen LogP contribution in [0.5, 0.6) is 0 Å². The molecule has 0 aliphatic rings. The number of benzene rings is 1. The van der Waals surface area contributed by atoms with E-state index >= 15 is 0 Å². The summed E-state index contributed by atoms with van der Waals surface area (Å²) >= 11 is 0. The lowest BCUT2D eigenvalue weighted by molar-refractivity contribution is 0.811. The largest absolute Gasteiger partial charge is 0.0889 e. The van der Waals surface area contributed by atoms with E-state index < -0.39 is 8.07 Å². The van der Waals surface area contributed by atoms with Gasteiger partial charge in [-0.2, -0.15) is 0 Å². The van der Waals surface area contributed by atoms with Crippen molar-refractivity contribution in [2.45, 2.75) is 52.2 Å². The molecule has 1 aromatic rings. The summed E-state index contributed by atoms with van der Waals surface area (Å²) in [4.78, 5) is 0. The van der Waals surface area contributed by atoms with E-state index in [0.717, 1.165) is 6.42 Å². The Labute approximate surface area is 120 Å². The first-order valence-corrected chi connectivity index (χ1v) is 10.9. The minimum absolute atomic E-state index is 1.12. The fourth-order valence-corrected chi connectivity index (χ4v) is 3.55. The normalized spacial score (nSPS) is 13.2. The highest BCUT2D eigenvalue weighted by molar-refractivity contribution is 6.83. The Balaban J connectivity index is 2.63. The molecule has 0 fully saturated rings. The van der Waals surface area contributed by atoms with Gasteiger partial charge < -0.3 is 0 Å². The Morgan fingerprint density at radius 1 is 1.11 bits per heavy atom. The van der Waals surface area contributed by atoms with Crippen molar-refractivity contribution in [3.05, 3.63) is 53.2 Å². The van der Waals surface area contributed by atoms with Crippen LogP contribution in [-0.4, -0.2) is 8.07 Å². The molecule has 0 bridgehead atoms. The Bertz CT molecular complexity index is 407. The zero-order chi connectivity index (χ0) is 14.1. The fraction of sp³-hybridized carbons (Fsp3) is 0.444. The molecule has 19 heavy (non-hydrogen) atoms. The molecule has 1 heteroatoms. The molecule has 0 aliphatic heterocycles. The molecule has 1 rings (SSSR count). The topological polar surface area (TPSA) is 0 Å². The van der Waals surface area contributed by atoms with E-state index in [2.05, 4.69) is 75.1 Å². The van der Waals surface area contributed by atoms with E-state index in [9.17, 15) is 0 Å². The highest BCUT2D eigenvalue weighted by atomic mass is 28.3. The van der Waals surface area contributed by atoms with Crippen LogP contribution in [0.25, 0.3) is 6.08 Å². The average molecular weight is 273 g/mol. The van der Waals surface area contributed by atoms with E-state index in [0.29, 0.717) is 0 Å². The summed E-state index contributed by atoms with van der Waals surface area (Å²) in [5.74, 6) is 0. The number of hydrogen-bond donors (Lipinski definition) is 0. The quantitative estimate of drug-likeness (QED) is 0.416. The summed E-state index contributed by atoms with van der Waals surface area (Å²) in [5, 5.41) is 1.69. The Morgan fingerprint density at radius 3 is 2.37 bits per heavy atom. The van der Waals surface area contributed by atoms with Gasteiger partial charge >= 0.3 is 0 Å². The summed E-state index contributed by atoms with van der Waals surface area (Å²) in [6, 6.07) is 10.6. The van der Waals surface area contributed by atoms with Crippen molar-refractivity contribution < 1.29 is 0 Å². The second-order valence-electron chi connectivity index (χ2n) is 6.14. The van der Waals surface area contributed by atoms with Gasteiger partial charge in [0.15, 0.2) is 0 Å². The molecule has 104 valence electrons. The lowest BCUT2D eigenvalue weighted by atomic mass is 10.2. The molecular weight excluding hydrogens is 244 g/mol. The van der Waals surface area contributed by atoms with E-state index in [1.165, 1.54) is 24.8 Å². The monoisotopic (exact) mass is 272 g/mol. The van der Waals surface area contributed by atoms with Crippen molar-refractivity contribution in [1.29, 1.82) is 0 Å². The van der Waals surface area contributed by atoms with Crippen LogP contribution in [-0.2, 0) is 0 Å². The summed E-state index contributed by atoms with van der Waals surface area (Å²) in [6.45, 7) is 9.60. The van der Waals surface area contributed by atoms with Crippen molar-refractivity contribution >= 4 is 14.1 Å². The van der Waals surface area contributed by atoms with Crippen LogP contribution in [0, 0.1) is 0 Å². The van der Waals surface area contributed by atoms with Crippen molar-refractivity contribution in [2.24, 2.45) is 0 Å². The molecular formula is C18H28Si. The van der Waals surface area contributed by atoms with Gasteiger partial charge in [0.05, 0.1) is 8.07 Å². The van der Waals surface area contributed by atoms with Crippen molar-refractivity contribution in [3.8, 4) is 0 Å². The van der Waals surface area contributed by atoms with E-state index in [-0.39, 0.29) is 0 Å². The molecule has 0 N–H and O–H groups in total. The van der Waals surface area contributed by atoms with Crippen LogP contribution in [0.4, 0.5) is 0 Å². The minimum atomic E-state index is -1.16. The molecule has 0 nitrogen and oxygen atoms in total. The molecule has 1 aromatic carbocycles. The summed E-state index contributed by atoms with van der Waals surface area (Å²) in [7, 11) is -1.16. The number of unbranched alkanes of at least 4 members (excludes halogenated alkanes) is 2. The summed E-state index contributed by atoms with van der Waals surface area (Å²) in [6.07, 6.45) is 12.0.